The van der Waals surface area contributed by atoms with Gasteiger partial charge in [0.25, 0.3) is 0 Å². The molecule has 3 heterocycles. The van der Waals surface area contributed by atoms with E-state index in [0.29, 0.717) is 37.1 Å². The number of amides is 1. The Labute approximate surface area is 183 Å². The summed E-state index contributed by atoms with van der Waals surface area (Å²) in [6.07, 6.45) is 0.583. The molecule has 1 amide bonds. The lowest BCUT2D eigenvalue weighted by atomic mass is 10.1. The molecule has 0 radical (unpaired) electrons. The average molecular weight is 429 g/mol. The molecule has 8 heteroatoms. The van der Waals surface area contributed by atoms with Crippen LogP contribution in [0.5, 0.6) is 5.75 Å². The number of fused-ring (bicyclic) bond motifs is 1. The summed E-state index contributed by atoms with van der Waals surface area (Å²) < 4.78 is 19.0. The van der Waals surface area contributed by atoms with E-state index in [1.54, 1.807) is 4.90 Å². The number of benzene rings is 1. The van der Waals surface area contributed by atoms with Crippen molar-refractivity contribution in [1.29, 1.82) is 0 Å². The first-order chi connectivity index (χ1) is 14.7. The van der Waals surface area contributed by atoms with Gasteiger partial charge >= 0.3 is 6.09 Å². The largest absolute Gasteiger partial charge is 0.490 e. The van der Waals surface area contributed by atoms with Crippen molar-refractivity contribution in [3.8, 4) is 17.1 Å². The second-order valence-corrected chi connectivity index (χ2v) is 9.59. The van der Waals surface area contributed by atoms with E-state index in [1.165, 1.54) is 0 Å². The third-order valence-electron chi connectivity index (χ3n) is 5.22. The van der Waals surface area contributed by atoms with Crippen molar-refractivity contribution in [2.45, 2.75) is 59.1 Å². The van der Waals surface area contributed by atoms with E-state index >= 15 is 0 Å². The zero-order chi connectivity index (χ0) is 22.2. The Morgan fingerprint density at radius 1 is 1.29 bits per heavy atom. The van der Waals surface area contributed by atoms with Crippen LogP contribution in [0, 0.1) is 5.92 Å². The molecular formula is C23H32N4O4. The molecule has 8 nitrogen and oxygen atoms in total. The summed E-state index contributed by atoms with van der Waals surface area (Å²) in [6.45, 7) is 13.0. The topological polar surface area (TPSA) is 78.7 Å². The van der Waals surface area contributed by atoms with Crippen molar-refractivity contribution in [2.75, 3.05) is 31.3 Å². The lowest BCUT2D eigenvalue weighted by Crippen LogP contribution is -2.41. The molecule has 2 aliphatic heterocycles. The van der Waals surface area contributed by atoms with E-state index in [9.17, 15) is 4.79 Å². The highest BCUT2D eigenvalue weighted by atomic mass is 16.6. The van der Waals surface area contributed by atoms with Crippen LogP contribution in [-0.4, -0.2) is 52.8 Å². The van der Waals surface area contributed by atoms with Crippen molar-refractivity contribution in [1.82, 2.24) is 14.8 Å². The molecule has 2 aromatic rings. The molecule has 1 atom stereocenters. The van der Waals surface area contributed by atoms with Gasteiger partial charge in [0.1, 0.15) is 18.0 Å². The SMILES string of the molecule is CC(C)Cn1nc(C2CCOC2)nc1-c1ccc2c(c1)OCCN2C(=O)OC(C)(C)C. The molecule has 4 rings (SSSR count). The van der Waals surface area contributed by atoms with E-state index in [1.807, 2.05) is 43.7 Å². The van der Waals surface area contributed by atoms with Gasteiger partial charge in [-0.1, -0.05) is 13.8 Å². The van der Waals surface area contributed by atoms with Gasteiger partial charge in [0.15, 0.2) is 11.6 Å². The number of hydrogen-bond acceptors (Lipinski definition) is 6. The summed E-state index contributed by atoms with van der Waals surface area (Å²) in [4.78, 5) is 19.2. The monoisotopic (exact) mass is 428 g/mol. The molecule has 31 heavy (non-hydrogen) atoms. The molecule has 1 unspecified atom stereocenters. The van der Waals surface area contributed by atoms with E-state index in [0.717, 1.165) is 36.8 Å². The molecule has 0 N–H and O–H groups in total. The molecule has 2 aliphatic rings. The van der Waals surface area contributed by atoms with Crippen molar-refractivity contribution >= 4 is 11.8 Å². The van der Waals surface area contributed by atoms with Crippen LogP contribution in [0.1, 0.15) is 52.8 Å². The van der Waals surface area contributed by atoms with Crippen LogP contribution in [0.3, 0.4) is 0 Å². The second-order valence-electron chi connectivity index (χ2n) is 9.59. The number of hydrogen-bond donors (Lipinski definition) is 0. The fourth-order valence-corrected chi connectivity index (χ4v) is 3.82. The summed E-state index contributed by atoms with van der Waals surface area (Å²) in [5, 5.41) is 4.80. The Hall–Kier alpha value is -2.61. The zero-order valence-electron chi connectivity index (χ0n) is 19.1. The first-order valence-electron chi connectivity index (χ1n) is 11.0. The smallest absolute Gasteiger partial charge is 0.415 e. The van der Waals surface area contributed by atoms with Crippen LogP contribution < -0.4 is 9.64 Å². The fourth-order valence-electron chi connectivity index (χ4n) is 3.82. The predicted molar refractivity (Wildman–Crippen MR) is 118 cm³/mol. The minimum atomic E-state index is -0.552. The van der Waals surface area contributed by atoms with Crippen LogP contribution in [0.4, 0.5) is 10.5 Å². The van der Waals surface area contributed by atoms with Gasteiger partial charge in [-0.05, 0) is 51.3 Å². The third-order valence-corrected chi connectivity index (χ3v) is 5.22. The molecule has 168 valence electrons. The molecule has 0 saturated carbocycles. The number of ether oxygens (including phenoxy) is 3. The minimum Gasteiger partial charge on any atom is -0.490 e. The zero-order valence-corrected chi connectivity index (χ0v) is 19.1. The first kappa shape index (κ1) is 21.6. The van der Waals surface area contributed by atoms with Gasteiger partial charge in [0.2, 0.25) is 0 Å². The normalized spacial score (nSPS) is 18.8. The Morgan fingerprint density at radius 3 is 2.77 bits per heavy atom. The number of aromatic nitrogens is 3. The Bertz CT molecular complexity index is 942. The molecule has 0 aliphatic carbocycles. The highest BCUT2D eigenvalue weighted by molar-refractivity contribution is 5.91. The summed E-state index contributed by atoms with van der Waals surface area (Å²) in [7, 11) is 0. The highest BCUT2D eigenvalue weighted by Crippen LogP contribution is 2.36. The number of carbonyl (C=O) groups is 1. The lowest BCUT2D eigenvalue weighted by molar-refractivity contribution is 0.0568. The van der Waals surface area contributed by atoms with Crippen LogP contribution in [0.25, 0.3) is 11.4 Å². The number of rotatable bonds is 4. The van der Waals surface area contributed by atoms with Gasteiger partial charge in [-0.3, -0.25) is 4.90 Å². The van der Waals surface area contributed by atoms with Gasteiger partial charge in [-0.15, -0.1) is 0 Å². The molecular weight excluding hydrogens is 396 g/mol. The molecule has 1 saturated heterocycles. The van der Waals surface area contributed by atoms with Crippen molar-refractivity contribution in [3.63, 3.8) is 0 Å². The van der Waals surface area contributed by atoms with Crippen LogP contribution in [-0.2, 0) is 16.0 Å². The first-order valence-corrected chi connectivity index (χ1v) is 11.0. The van der Waals surface area contributed by atoms with Crippen molar-refractivity contribution in [3.05, 3.63) is 24.0 Å². The van der Waals surface area contributed by atoms with Crippen LogP contribution in [0.2, 0.25) is 0 Å². The van der Waals surface area contributed by atoms with E-state index in [-0.39, 0.29) is 12.0 Å². The summed E-state index contributed by atoms with van der Waals surface area (Å²) in [5.74, 6) is 2.98. The Balaban J connectivity index is 1.66. The molecule has 1 fully saturated rings. The van der Waals surface area contributed by atoms with Gasteiger partial charge < -0.3 is 14.2 Å². The fraction of sp³-hybridized carbons (Fsp3) is 0.609. The minimum absolute atomic E-state index is 0.240. The van der Waals surface area contributed by atoms with E-state index in [2.05, 4.69) is 13.8 Å². The van der Waals surface area contributed by atoms with Gasteiger partial charge in [0.05, 0.1) is 18.8 Å². The average Bonchev–Trinajstić information content (AvgIpc) is 3.35. The van der Waals surface area contributed by atoms with Gasteiger partial charge in [0, 0.05) is 24.6 Å². The quantitative estimate of drug-likeness (QED) is 0.725. The lowest BCUT2D eigenvalue weighted by Gasteiger charge is -2.31. The summed E-state index contributed by atoms with van der Waals surface area (Å²) in [5.41, 5.74) is 1.08. The maximum absolute atomic E-state index is 12.7. The maximum atomic E-state index is 12.7. The van der Waals surface area contributed by atoms with Gasteiger partial charge in [-0.25, -0.2) is 14.5 Å². The summed E-state index contributed by atoms with van der Waals surface area (Å²) >= 11 is 0. The standard InChI is InChI=1S/C23H32N4O4/c1-15(2)13-27-21(24-20(25-27)17-8-10-29-14-17)16-6-7-18-19(12-16)30-11-9-26(18)22(28)31-23(3,4)5/h6-7,12,15,17H,8-11,13-14H2,1-5H3. The van der Waals surface area contributed by atoms with E-state index < -0.39 is 5.60 Å². The highest BCUT2D eigenvalue weighted by Gasteiger charge is 2.29. The summed E-state index contributed by atoms with van der Waals surface area (Å²) in [6, 6.07) is 5.82. The predicted octanol–water partition coefficient (Wildman–Crippen LogP) is 4.24. The molecule has 1 aromatic carbocycles. The molecule has 1 aromatic heterocycles. The molecule has 0 spiro atoms. The van der Waals surface area contributed by atoms with E-state index in [4.69, 9.17) is 24.3 Å². The molecule has 0 bridgehead atoms. The number of anilines is 1. The second kappa shape index (κ2) is 8.49. The van der Waals surface area contributed by atoms with Crippen LogP contribution >= 0.6 is 0 Å². The van der Waals surface area contributed by atoms with Crippen molar-refractivity contribution in [2.24, 2.45) is 5.92 Å². The number of carbonyl (C=O) groups excluding carboxylic acids is 1. The number of nitrogens with zero attached hydrogens (tertiary/aromatic N) is 4. The third kappa shape index (κ3) is 4.84. The Morgan fingerprint density at radius 2 is 2.10 bits per heavy atom. The maximum Gasteiger partial charge on any atom is 0.415 e. The Kier molecular flexibility index (Phi) is 5.92. The van der Waals surface area contributed by atoms with Crippen LogP contribution in [0.15, 0.2) is 18.2 Å². The van der Waals surface area contributed by atoms with Crippen molar-refractivity contribution < 1.29 is 19.0 Å². The van der Waals surface area contributed by atoms with Gasteiger partial charge in [-0.2, -0.15) is 5.10 Å².